The minimum absolute atomic E-state index is 0.0401. The molecule has 11 heteroatoms. The van der Waals surface area contributed by atoms with Crippen LogP contribution in [0.1, 0.15) is 40.4 Å². The van der Waals surface area contributed by atoms with Gasteiger partial charge in [0.1, 0.15) is 5.75 Å². The summed E-state index contributed by atoms with van der Waals surface area (Å²) in [6.07, 6.45) is 4.17. The van der Waals surface area contributed by atoms with E-state index in [9.17, 15) is 4.79 Å². The molecule has 1 unspecified atom stereocenters. The van der Waals surface area contributed by atoms with Crippen molar-refractivity contribution in [3.05, 3.63) is 86.7 Å². The van der Waals surface area contributed by atoms with E-state index >= 15 is 0 Å². The summed E-state index contributed by atoms with van der Waals surface area (Å²) in [6.45, 7) is 0.0401. The van der Waals surface area contributed by atoms with Crippen LogP contribution >= 0.6 is 34.8 Å². The summed E-state index contributed by atoms with van der Waals surface area (Å²) in [4.78, 5) is 22.8. The fraction of sp³-hybridized carbons (Fsp3) is 0.240. The predicted molar refractivity (Wildman–Crippen MR) is 138 cm³/mol. The number of amides is 1. The zero-order valence-corrected chi connectivity index (χ0v) is 21.2. The highest BCUT2D eigenvalue weighted by molar-refractivity contribution is 6.35. The van der Waals surface area contributed by atoms with E-state index in [0.717, 1.165) is 5.56 Å². The van der Waals surface area contributed by atoms with Crippen LogP contribution in [0.25, 0.3) is 5.65 Å². The summed E-state index contributed by atoms with van der Waals surface area (Å²) in [5.41, 5.74) is 2.51. The molecule has 1 aliphatic rings. The number of aromatic nitrogens is 3. The number of nitrogens with one attached hydrogen (secondary N) is 1. The maximum atomic E-state index is 13.6. The Labute approximate surface area is 222 Å². The molecule has 1 amide bonds. The van der Waals surface area contributed by atoms with Gasteiger partial charge in [-0.15, -0.1) is 0 Å². The molecule has 1 saturated carbocycles. The lowest BCUT2D eigenvalue weighted by Crippen LogP contribution is -2.41. The van der Waals surface area contributed by atoms with E-state index in [4.69, 9.17) is 50.3 Å². The number of benzene rings is 2. The number of carbonyl (C=O) groups excluding carboxylic acids is 1. The van der Waals surface area contributed by atoms with Gasteiger partial charge in [0.05, 0.1) is 18.8 Å². The van der Waals surface area contributed by atoms with Crippen LogP contribution in [0.2, 0.25) is 15.2 Å². The van der Waals surface area contributed by atoms with Crippen molar-refractivity contribution in [1.82, 2.24) is 19.9 Å². The summed E-state index contributed by atoms with van der Waals surface area (Å²) in [7, 11) is 0. The van der Waals surface area contributed by atoms with Gasteiger partial charge in [0, 0.05) is 16.1 Å². The molecule has 0 aliphatic heterocycles. The molecule has 0 bridgehead atoms. The highest BCUT2D eigenvalue weighted by Crippen LogP contribution is 2.41. The normalized spacial score (nSPS) is 14.1. The van der Waals surface area contributed by atoms with Crippen molar-refractivity contribution >= 4 is 46.4 Å². The van der Waals surface area contributed by atoms with Crippen molar-refractivity contribution in [2.75, 3.05) is 6.61 Å². The molecule has 2 heterocycles. The maximum Gasteiger partial charge on any atom is 0.274 e. The van der Waals surface area contributed by atoms with Gasteiger partial charge >= 0.3 is 0 Å². The Hall–Kier alpha value is -2.88. The number of halogens is 3. The minimum Gasteiger partial charge on any atom is -0.453 e. The highest BCUT2D eigenvalue weighted by atomic mass is 35.5. The molecule has 5 rings (SSSR count). The van der Waals surface area contributed by atoms with Crippen molar-refractivity contribution in [1.29, 1.82) is 0 Å². The van der Waals surface area contributed by atoms with E-state index in [-0.39, 0.29) is 23.2 Å². The lowest BCUT2D eigenvalue weighted by Gasteiger charge is -2.20. The summed E-state index contributed by atoms with van der Waals surface area (Å²) in [6, 6.07) is 14.0. The van der Waals surface area contributed by atoms with Gasteiger partial charge in [-0.3, -0.25) is 4.79 Å². The number of carbonyl (C=O) groups is 1. The molecule has 4 aromatic rings. The Morgan fingerprint density at radius 1 is 1.17 bits per heavy atom. The largest absolute Gasteiger partial charge is 0.453 e. The molecule has 1 atom stereocenters. The number of ether oxygens (including phenoxy) is 1. The Balaban J connectivity index is 1.46. The van der Waals surface area contributed by atoms with E-state index in [1.165, 1.54) is 29.1 Å². The number of nitrogens with zero attached hydrogens (tertiary/aromatic N) is 3. The van der Waals surface area contributed by atoms with Crippen molar-refractivity contribution in [3.8, 4) is 11.5 Å². The van der Waals surface area contributed by atoms with Gasteiger partial charge in [0.2, 0.25) is 0 Å². The Kier molecular flexibility index (Phi) is 7.32. The van der Waals surface area contributed by atoms with Crippen molar-refractivity contribution in [2.24, 2.45) is 5.90 Å². The quantitative estimate of drug-likeness (QED) is 0.265. The van der Waals surface area contributed by atoms with Crippen molar-refractivity contribution in [2.45, 2.75) is 31.2 Å². The molecule has 186 valence electrons. The number of fused-ring (bicyclic) bond motifs is 1. The molecular weight excluding hydrogens is 525 g/mol. The first-order valence-electron chi connectivity index (χ1n) is 11.3. The smallest absolute Gasteiger partial charge is 0.274 e. The molecule has 2 aromatic carbocycles. The Bertz CT molecular complexity index is 1420. The van der Waals surface area contributed by atoms with Crippen molar-refractivity contribution in [3.63, 3.8) is 0 Å². The third kappa shape index (κ3) is 5.58. The predicted octanol–water partition coefficient (Wildman–Crippen LogP) is 5.59. The third-order valence-corrected chi connectivity index (χ3v) is 6.66. The average Bonchev–Trinajstić information content (AvgIpc) is 3.62. The second-order valence-corrected chi connectivity index (χ2v) is 9.83. The van der Waals surface area contributed by atoms with Crippen LogP contribution in [0.3, 0.4) is 0 Å². The molecule has 0 spiro atoms. The van der Waals surface area contributed by atoms with Crippen LogP contribution in [0, 0.1) is 0 Å². The summed E-state index contributed by atoms with van der Waals surface area (Å²) < 4.78 is 7.49. The van der Waals surface area contributed by atoms with Gasteiger partial charge in [-0.2, -0.15) is 5.10 Å². The average molecular weight is 547 g/mol. The molecule has 1 aliphatic carbocycles. The molecule has 1 fully saturated rings. The fourth-order valence-corrected chi connectivity index (χ4v) is 4.68. The van der Waals surface area contributed by atoms with Gasteiger partial charge in [0.15, 0.2) is 22.2 Å². The summed E-state index contributed by atoms with van der Waals surface area (Å²) in [5, 5.41) is 8.37. The third-order valence-electron chi connectivity index (χ3n) is 5.88. The van der Waals surface area contributed by atoms with Crippen LogP contribution in [0.4, 0.5) is 0 Å². The molecule has 3 N–H and O–H groups in total. The maximum absolute atomic E-state index is 13.6. The van der Waals surface area contributed by atoms with Gasteiger partial charge in [0.25, 0.3) is 5.91 Å². The second kappa shape index (κ2) is 10.6. The van der Waals surface area contributed by atoms with E-state index in [1.54, 1.807) is 24.3 Å². The standard InChI is InChI=1S/C25H22Cl3N5O3/c26-17-7-6-16(20(27)10-17)8-18(13-35-29)31-25(34)24-21(12-30-23-11-22(28)32-33(23)24)36-19-3-1-2-15(9-19)14-4-5-14/h1-3,6-7,9-12,14,18H,4-5,8,13,29H2,(H,31,34). The zero-order chi connectivity index (χ0) is 25.2. The van der Waals surface area contributed by atoms with E-state index in [0.29, 0.717) is 33.8 Å². The first-order chi connectivity index (χ1) is 17.4. The van der Waals surface area contributed by atoms with Crippen LogP contribution < -0.4 is 16.0 Å². The number of rotatable bonds is 9. The second-order valence-electron chi connectivity index (χ2n) is 8.60. The summed E-state index contributed by atoms with van der Waals surface area (Å²) >= 11 is 18.5. The molecular formula is C25H22Cl3N5O3. The number of nitrogens with two attached hydrogens (primary N) is 1. The van der Waals surface area contributed by atoms with Gasteiger partial charge in [-0.1, -0.05) is 53.0 Å². The van der Waals surface area contributed by atoms with Gasteiger partial charge in [-0.05, 0) is 60.6 Å². The lowest BCUT2D eigenvalue weighted by molar-refractivity contribution is 0.0831. The first kappa shape index (κ1) is 24.8. The first-order valence-corrected chi connectivity index (χ1v) is 12.4. The minimum atomic E-state index is -0.513. The van der Waals surface area contributed by atoms with Crippen LogP contribution in [-0.2, 0) is 11.3 Å². The Morgan fingerprint density at radius 2 is 2.00 bits per heavy atom. The van der Waals surface area contributed by atoms with E-state index in [1.807, 2.05) is 18.2 Å². The zero-order valence-electron chi connectivity index (χ0n) is 19.0. The molecule has 0 radical (unpaired) electrons. The van der Waals surface area contributed by atoms with Crippen molar-refractivity contribution < 1.29 is 14.4 Å². The summed E-state index contributed by atoms with van der Waals surface area (Å²) in [5.74, 6) is 6.26. The molecule has 0 saturated heterocycles. The van der Waals surface area contributed by atoms with Gasteiger partial charge in [-0.25, -0.2) is 15.4 Å². The Morgan fingerprint density at radius 3 is 2.75 bits per heavy atom. The lowest BCUT2D eigenvalue weighted by atomic mass is 10.1. The monoisotopic (exact) mass is 545 g/mol. The SMILES string of the molecule is NOCC(Cc1ccc(Cl)cc1Cl)NC(=O)c1c(Oc2cccc(C3CC3)c2)cnc2cc(Cl)nn12. The fourth-order valence-electron chi connectivity index (χ4n) is 4.02. The molecule has 8 nitrogen and oxygen atoms in total. The van der Waals surface area contributed by atoms with E-state index < -0.39 is 11.9 Å². The van der Waals surface area contributed by atoms with Crippen LogP contribution in [0.15, 0.2) is 54.7 Å². The van der Waals surface area contributed by atoms with Crippen LogP contribution in [0.5, 0.6) is 11.5 Å². The number of hydrogen-bond donors (Lipinski definition) is 2. The highest BCUT2D eigenvalue weighted by Gasteiger charge is 2.26. The van der Waals surface area contributed by atoms with Crippen LogP contribution in [-0.4, -0.2) is 33.2 Å². The number of hydrogen-bond acceptors (Lipinski definition) is 6. The van der Waals surface area contributed by atoms with E-state index in [2.05, 4.69) is 21.5 Å². The van der Waals surface area contributed by atoms with Gasteiger partial charge < -0.3 is 14.9 Å². The molecule has 36 heavy (non-hydrogen) atoms. The molecule has 2 aromatic heterocycles. The topological polar surface area (TPSA) is 104 Å².